The van der Waals surface area contributed by atoms with E-state index >= 15 is 0 Å². The predicted octanol–water partition coefficient (Wildman–Crippen LogP) is 14.6. The summed E-state index contributed by atoms with van der Waals surface area (Å²) in [6.45, 7) is 29.0. The molecule has 2 heterocycles. The maximum absolute atomic E-state index is 12.7. The fourth-order valence-corrected chi connectivity index (χ4v) is 10.7. The van der Waals surface area contributed by atoms with Crippen LogP contribution in [0.25, 0.3) is 27.6 Å². The van der Waals surface area contributed by atoms with Crippen LogP contribution in [0.3, 0.4) is 0 Å². The topological polar surface area (TPSA) is 76.1 Å². The van der Waals surface area contributed by atoms with Crippen LogP contribution in [0.5, 0.6) is 0 Å². The summed E-state index contributed by atoms with van der Waals surface area (Å²) in [7, 11) is 0. The largest absolute Gasteiger partial charge is 0.466 e. The zero-order valence-corrected chi connectivity index (χ0v) is 43.4. The molecule has 368 valence electrons. The summed E-state index contributed by atoms with van der Waals surface area (Å²) in [5, 5.41) is 4.85. The van der Waals surface area contributed by atoms with Gasteiger partial charge in [-0.2, -0.15) is 0 Å². The number of piperidine rings is 2. The van der Waals surface area contributed by atoms with Crippen LogP contribution in [0.4, 0.5) is 0 Å². The van der Waals surface area contributed by atoms with E-state index in [-0.39, 0.29) is 29.7 Å². The van der Waals surface area contributed by atoms with Crippen molar-refractivity contribution in [1.29, 1.82) is 0 Å². The van der Waals surface area contributed by atoms with Gasteiger partial charge in [0.15, 0.2) is 0 Å². The molecule has 7 nitrogen and oxygen atoms in total. The van der Waals surface area contributed by atoms with E-state index in [2.05, 4.69) is 121 Å². The number of fused-ring (bicyclic) bond motifs is 2. The second kappa shape index (κ2) is 24.2. The second-order valence-electron chi connectivity index (χ2n) is 22.5. The minimum atomic E-state index is -0.134. The van der Waals surface area contributed by atoms with Crippen molar-refractivity contribution in [3.05, 3.63) is 113 Å². The molecule has 2 aliphatic heterocycles. The molecule has 0 unspecified atom stereocenters. The third kappa shape index (κ3) is 15.1. The highest BCUT2D eigenvalue weighted by molar-refractivity contribution is 5.99. The van der Waals surface area contributed by atoms with Crippen molar-refractivity contribution < 1.29 is 23.9 Å². The van der Waals surface area contributed by atoms with Crippen molar-refractivity contribution in [2.75, 3.05) is 39.4 Å². The molecule has 4 aliphatic rings. The van der Waals surface area contributed by atoms with Crippen LogP contribution in [0.2, 0.25) is 0 Å². The number of allylic oxidation sites excluding steroid dienone is 2. The minimum Gasteiger partial charge on any atom is -0.466 e. The lowest BCUT2D eigenvalue weighted by Crippen LogP contribution is -2.40. The Morgan fingerprint density at radius 3 is 1.66 bits per heavy atom. The Bertz CT molecular complexity index is 2350. The van der Waals surface area contributed by atoms with Gasteiger partial charge < -0.3 is 14.4 Å². The summed E-state index contributed by atoms with van der Waals surface area (Å²) in [5.41, 5.74) is 8.62. The maximum atomic E-state index is 12.7. The van der Waals surface area contributed by atoms with Crippen molar-refractivity contribution in [2.24, 2.45) is 34.5 Å². The Morgan fingerprint density at radius 2 is 1.09 bits per heavy atom. The van der Waals surface area contributed by atoms with E-state index in [0.717, 1.165) is 55.1 Å². The normalized spacial score (nSPS) is 19.1. The molecule has 0 bridgehead atoms. The lowest BCUT2D eigenvalue weighted by Gasteiger charge is -2.34. The molecular formula is C61H84N2O5. The minimum absolute atomic E-state index is 0.0177. The van der Waals surface area contributed by atoms with Crippen molar-refractivity contribution in [1.82, 2.24) is 9.80 Å². The number of likely N-dealkylation sites (tertiary alicyclic amines) is 2. The average Bonchev–Trinajstić information content (AvgIpc) is 3.32. The number of esters is 2. The molecular weight excluding hydrogens is 841 g/mol. The van der Waals surface area contributed by atoms with Crippen LogP contribution in [0.15, 0.2) is 90.5 Å². The molecule has 2 aliphatic carbocycles. The maximum Gasteiger partial charge on any atom is 0.309 e. The lowest BCUT2D eigenvalue weighted by atomic mass is 9.71. The number of amides is 1. The van der Waals surface area contributed by atoms with Crippen molar-refractivity contribution in [2.45, 2.75) is 146 Å². The summed E-state index contributed by atoms with van der Waals surface area (Å²) in [4.78, 5) is 40.8. The highest BCUT2D eigenvalue weighted by atomic mass is 16.5. The fourth-order valence-electron chi connectivity index (χ4n) is 10.7. The molecule has 2 saturated heterocycles. The quantitative estimate of drug-likeness (QED) is 0.129. The van der Waals surface area contributed by atoms with E-state index in [1.807, 2.05) is 36.9 Å². The van der Waals surface area contributed by atoms with Crippen molar-refractivity contribution in [3.63, 3.8) is 0 Å². The Labute approximate surface area is 410 Å². The molecule has 68 heavy (non-hydrogen) atoms. The molecule has 4 fully saturated rings. The molecule has 8 rings (SSSR count). The summed E-state index contributed by atoms with van der Waals surface area (Å²) in [6, 6.07) is 25.8. The number of benzene rings is 4. The number of aryl methyl sites for hydroxylation is 1. The first-order valence-corrected chi connectivity index (χ1v) is 26.1. The SMILES string of the molecule is C=C1CCC(C(C)(C)C)CC1.CCOC(=O)C1CCN(C(=O)c2ccc3cc(C)ccc3c2)CC1.CCOC(=O)C1CCN(Cc2ccc3cc(C=C4CCC(C(C)(C)C)CC4)ccc3c2)CC1. The van der Waals surface area contributed by atoms with Crippen molar-refractivity contribution in [3.8, 4) is 0 Å². The first-order chi connectivity index (χ1) is 32.4. The van der Waals surface area contributed by atoms with E-state index in [9.17, 15) is 14.4 Å². The van der Waals surface area contributed by atoms with Gasteiger partial charge in [0, 0.05) is 25.2 Å². The molecule has 4 aromatic carbocycles. The highest BCUT2D eigenvalue weighted by Crippen LogP contribution is 2.41. The van der Waals surface area contributed by atoms with Gasteiger partial charge in [-0.1, -0.05) is 119 Å². The highest BCUT2D eigenvalue weighted by Gasteiger charge is 2.30. The van der Waals surface area contributed by atoms with Gasteiger partial charge in [-0.15, -0.1) is 0 Å². The lowest BCUT2D eigenvalue weighted by molar-refractivity contribution is -0.150. The average molecular weight is 925 g/mol. The van der Waals surface area contributed by atoms with Gasteiger partial charge in [-0.3, -0.25) is 19.3 Å². The second-order valence-corrected chi connectivity index (χ2v) is 22.5. The van der Waals surface area contributed by atoms with E-state index in [1.54, 1.807) is 5.57 Å². The van der Waals surface area contributed by atoms with Gasteiger partial charge in [-0.05, 0) is 191 Å². The first kappa shape index (κ1) is 52.6. The Morgan fingerprint density at radius 1 is 0.603 bits per heavy atom. The smallest absolute Gasteiger partial charge is 0.309 e. The number of rotatable bonds is 8. The number of carbonyl (C=O) groups is 3. The van der Waals surface area contributed by atoms with Crippen LogP contribution >= 0.6 is 0 Å². The van der Waals surface area contributed by atoms with E-state index < -0.39 is 0 Å². The van der Waals surface area contributed by atoms with E-state index in [4.69, 9.17) is 9.47 Å². The molecule has 0 aromatic heterocycles. The summed E-state index contributed by atoms with van der Waals surface area (Å²) in [6.07, 6.45) is 16.0. The molecule has 2 saturated carbocycles. The molecule has 4 aromatic rings. The van der Waals surface area contributed by atoms with Crippen LogP contribution in [0, 0.1) is 41.4 Å². The van der Waals surface area contributed by atoms with Crippen LogP contribution < -0.4 is 0 Å². The molecule has 0 radical (unpaired) electrons. The fraction of sp³-hybridized carbons (Fsp3) is 0.557. The third-order valence-electron chi connectivity index (χ3n) is 15.3. The number of carbonyl (C=O) groups excluding carboxylic acids is 3. The van der Waals surface area contributed by atoms with Gasteiger partial charge >= 0.3 is 11.9 Å². The molecule has 7 heteroatoms. The zero-order chi connectivity index (χ0) is 49.0. The van der Waals surface area contributed by atoms with E-state index in [0.29, 0.717) is 55.5 Å². The van der Waals surface area contributed by atoms with E-state index in [1.165, 1.54) is 84.4 Å². The first-order valence-electron chi connectivity index (χ1n) is 26.1. The Kier molecular flexibility index (Phi) is 18.7. The van der Waals surface area contributed by atoms with Crippen LogP contribution in [-0.2, 0) is 25.6 Å². The van der Waals surface area contributed by atoms with Crippen LogP contribution in [0.1, 0.15) is 159 Å². The number of ether oxygens (including phenoxy) is 2. The summed E-state index contributed by atoms with van der Waals surface area (Å²) in [5.74, 6) is 1.66. The van der Waals surface area contributed by atoms with Gasteiger partial charge in [0.1, 0.15) is 0 Å². The number of hydrogen-bond donors (Lipinski definition) is 0. The Hall–Kier alpha value is -4.75. The zero-order valence-electron chi connectivity index (χ0n) is 43.4. The van der Waals surface area contributed by atoms with Gasteiger partial charge in [0.2, 0.25) is 0 Å². The molecule has 0 N–H and O–H groups in total. The van der Waals surface area contributed by atoms with Crippen molar-refractivity contribution >= 4 is 45.5 Å². The number of hydrogen-bond acceptors (Lipinski definition) is 6. The summed E-state index contributed by atoms with van der Waals surface area (Å²) < 4.78 is 10.3. The molecule has 0 spiro atoms. The number of nitrogens with zero attached hydrogens (tertiary/aromatic N) is 2. The van der Waals surface area contributed by atoms with Crippen LogP contribution in [-0.4, -0.2) is 67.0 Å². The standard InChI is InChI=1S/C30H41NO2.C20H23NO3.C11H20/c1-5-33-29(32)25-14-16-31(17-15-25)21-24-7-11-26-19-23(6-10-27(26)20-24)18-22-8-12-28(13-9-22)30(2,3)4;1-3-24-20(23)15-8-10-21(11-9-15)19(22)18-7-6-16-12-14(2)4-5-17(16)13-18;1-9-5-7-10(8-6-9)11(2,3)4/h6-7,10-11,18-20,25,28H,5,8-9,12-17,21H2,1-4H3;4-7,12-13,15H,3,8-11H2,1-2H3;10H,1,5-8H2,2-4H3. The predicted molar refractivity (Wildman–Crippen MR) is 282 cm³/mol. The van der Waals surface area contributed by atoms with Gasteiger partial charge in [-0.25, -0.2) is 0 Å². The molecule has 0 atom stereocenters. The third-order valence-corrected chi connectivity index (χ3v) is 15.3. The van der Waals surface area contributed by atoms with Gasteiger partial charge in [0.25, 0.3) is 5.91 Å². The molecule has 1 amide bonds. The summed E-state index contributed by atoms with van der Waals surface area (Å²) >= 11 is 0. The van der Waals surface area contributed by atoms with Gasteiger partial charge in [0.05, 0.1) is 25.0 Å². The Balaban J connectivity index is 0.000000189. The monoisotopic (exact) mass is 925 g/mol.